The second-order valence-electron chi connectivity index (χ2n) is 7.37. The van der Waals surface area contributed by atoms with Gasteiger partial charge in [0, 0.05) is 12.6 Å². The maximum Gasteiger partial charge on any atom is 0.325 e. The monoisotopic (exact) mass is 372 g/mol. The molecule has 3 rings (SSSR count). The molecule has 0 unspecified atom stereocenters. The average Bonchev–Trinajstić information content (AvgIpc) is 2.81. The fourth-order valence-electron chi connectivity index (χ4n) is 4.13. The summed E-state index contributed by atoms with van der Waals surface area (Å²) in [7, 11) is 0. The second kappa shape index (κ2) is 8.36. The minimum Gasteiger partial charge on any atom is -0.351 e. The molecule has 1 spiro atoms. The van der Waals surface area contributed by atoms with Crippen molar-refractivity contribution in [2.24, 2.45) is 5.92 Å². The van der Waals surface area contributed by atoms with E-state index in [1.165, 1.54) is 0 Å². The molecule has 2 aliphatic heterocycles. The van der Waals surface area contributed by atoms with Crippen LogP contribution in [-0.4, -0.2) is 54.0 Å². The van der Waals surface area contributed by atoms with E-state index in [0.29, 0.717) is 18.8 Å². The zero-order chi connectivity index (χ0) is 17.2. The summed E-state index contributed by atoms with van der Waals surface area (Å²) >= 11 is 0. The summed E-state index contributed by atoms with van der Waals surface area (Å²) in [5.74, 6) is 0.155. The summed E-state index contributed by atoms with van der Waals surface area (Å²) in [5.41, 5.74) is -0.768. The maximum absolute atomic E-state index is 12.8. The third kappa shape index (κ3) is 4.26. The van der Waals surface area contributed by atoms with Gasteiger partial charge in [0.15, 0.2) is 0 Å². The Hall–Kier alpha value is -1.34. The summed E-state index contributed by atoms with van der Waals surface area (Å²) in [6.07, 6.45) is 6.34. The maximum atomic E-state index is 12.8. The Bertz CT molecular complexity index is 514. The smallest absolute Gasteiger partial charge is 0.325 e. The minimum absolute atomic E-state index is 0. The largest absolute Gasteiger partial charge is 0.351 e. The van der Waals surface area contributed by atoms with Crippen LogP contribution >= 0.6 is 12.4 Å². The van der Waals surface area contributed by atoms with Crippen LogP contribution in [0.1, 0.15) is 51.9 Å². The van der Waals surface area contributed by atoms with Crippen LogP contribution in [0.15, 0.2) is 0 Å². The number of urea groups is 1. The van der Waals surface area contributed by atoms with E-state index in [9.17, 15) is 14.4 Å². The average molecular weight is 373 g/mol. The SMILES string of the molecule is CCC1CCC2(CC1)NC(=O)N(CC(=O)N[C@H]1CCCNC1)C2=O.Cl. The summed E-state index contributed by atoms with van der Waals surface area (Å²) in [6, 6.07) is -0.340. The molecule has 4 amide bonds. The number of hydrogen-bond acceptors (Lipinski definition) is 4. The Morgan fingerprint density at radius 3 is 2.60 bits per heavy atom. The highest BCUT2D eigenvalue weighted by Gasteiger charge is 2.52. The zero-order valence-corrected chi connectivity index (χ0v) is 15.6. The number of halogens is 1. The van der Waals surface area contributed by atoms with Crippen molar-refractivity contribution in [1.29, 1.82) is 0 Å². The van der Waals surface area contributed by atoms with Gasteiger partial charge in [-0.2, -0.15) is 0 Å². The molecular formula is C17H29ClN4O3. The van der Waals surface area contributed by atoms with Crippen LogP contribution in [-0.2, 0) is 9.59 Å². The number of nitrogens with one attached hydrogen (secondary N) is 3. The molecule has 3 N–H and O–H groups in total. The lowest BCUT2D eigenvalue weighted by molar-refractivity contribution is -0.136. The third-order valence-electron chi connectivity index (χ3n) is 5.75. The van der Waals surface area contributed by atoms with Crippen molar-refractivity contribution >= 4 is 30.3 Å². The quantitative estimate of drug-likeness (QED) is 0.646. The van der Waals surface area contributed by atoms with Crippen molar-refractivity contribution in [3.63, 3.8) is 0 Å². The van der Waals surface area contributed by atoms with Crippen molar-refractivity contribution in [2.45, 2.75) is 63.5 Å². The van der Waals surface area contributed by atoms with Gasteiger partial charge in [0.25, 0.3) is 5.91 Å². The van der Waals surface area contributed by atoms with Crippen LogP contribution in [0.2, 0.25) is 0 Å². The zero-order valence-electron chi connectivity index (χ0n) is 14.8. The standard InChI is InChI=1S/C17H28N4O3.ClH/c1-2-12-5-7-17(8-6-12)15(23)21(16(24)20-17)11-14(22)19-13-4-3-9-18-10-13;/h12-13,18H,2-11H2,1H3,(H,19,22)(H,20,24);1H/t12?,13-,17?;/m0./s1. The molecule has 2 heterocycles. The molecule has 0 aromatic heterocycles. The van der Waals surface area contributed by atoms with E-state index in [1.807, 2.05) is 0 Å². The first kappa shape index (κ1) is 20.0. The van der Waals surface area contributed by atoms with Gasteiger partial charge < -0.3 is 16.0 Å². The number of amides is 4. The van der Waals surface area contributed by atoms with Crippen molar-refractivity contribution in [3.8, 4) is 0 Å². The van der Waals surface area contributed by atoms with Crippen LogP contribution in [0.3, 0.4) is 0 Å². The Balaban J connectivity index is 0.00000225. The molecule has 3 fully saturated rings. The van der Waals surface area contributed by atoms with Gasteiger partial charge in [0.2, 0.25) is 5.91 Å². The summed E-state index contributed by atoms with van der Waals surface area (Å²) in [6.45, 7) is 3.70. The number of nitrogens with zero attached hydrogens (tertiary/aromatic N) is 1. The van der Waals surface area contributed by atoms with Crippen LogP contribution in [0, 0.1) is 5.92 Å². The molecule has 142 valence electrons. The first-order valence-electron chi connectivity index (χ1n) is 9.18. The van der Waals surface area contributed by atoms with Crippen LogP contribution in [0.25, 0.3) is 0 Å². The fraction of sp³-hybridized carbons (Fsp3) is 0.824. The van der Waals surface area contributed by atoms with Gasteiger partial charge in [0.05, 0.1) is 0 Å². The van der Waals surface area contributed by atoms with Gasteiger partial charge in [0.1, 0.15) is 12.1 Å². The summed E-state index contributed by atoms with van der Waals surface area (Å²) in [5, 5.41) is 9.02. The van der Waals surface area contributed by atoms with Crippen molar-refractivity contribution in [1.82, 2.24) is 20.9 Å². The summed E-state index contributed by atoms with van der Waals surface area (Å²) in [4.78, 5) is 38.3. The Kier molecular flexibility index (Phi) is 6.68. The molecule has 0 aromatic rings. The molecule has 7 nitrogen and oxygen atoms in total. The van der Waals surface area contributed by atoms with Gasteiger partial charge in [-0.05, 0) is 51.0 Å². The number of carbonyl (C=O) groups excluding carboxylic acids is 3. The molecular weight excluding hydrogens is 344 g/mol. The second-order valence-corrected chi connectivity index (χ2v) is 7.37. The number of rotatable bonds is 4. The highest BCUT2D eigenvalue weighted by atomic mass is 35.5. The fourth-order valence-corrected chi connectivity index (χ4v) is 4.13. The lowest BCUT2D eigenvalue weighted by Gasteiger charge is -2.34. The number of piperidine rings is 1. The van der Waals surface area contributed by atoms with E-state index in [-0.39, 0.29) is 36.8 Å². The van der Waals surface area contributed by atoms with Crippen molar-refractivity contribution in [2.75, 3.05) is 19.6 Å². The van der Waals surface area contributed by atoms with Crippen molar-refractivity contribution < 1.29 is 14.4 Å². The molecule has 0 aromatic carbocycles. The lowest BCUT2D eigenvalue weighted by Crippen LogP contribution is -2.51. The van der Waals surface area contributed by atoms with Crippen LogP contribution in [0.5, 0.6) is 0 Å². The highest BCUT2D eigenvalue weighted by Crippen LogP contribution is 2.37. The van der Waals surface area contributed by atoms with E-state index < -0.39 is 11.6 Å². The summed E-state index contributed by atoms with van der Waals surface area (Å²) < 4.78 is 0. The molecule has 0 radical (unpaired) electrons. The van der Waals surface area contributed by atoms with Crippen LogP contribution < -0.4 is 16.0 Å². The van der Waals surface area contributed by atoms with E-state index >= 15 is 0 Å². The van der Waals surface area contributed by atoms with Gasteiger partial charge in [-0.1, -0.05) is 13.3 Å². The number of hydrogen-bond donors (Lipinski definition) is 3. The Labute approximate surface area is 155 Å². The predicted octanol–water partition coefficient (Wildman–Crippen LogP) is 1.17. The number of carbonyl (C=O) groups is 3. The third-order valence-corrected chi connectivity index (χ3v) is 5.75. The molecule has 2 saturated heterocycles. The van der Waals surface area contributed by atoms with Gasteiger partial charge in [-0.15, -0.1) is 12.4 Å². The van der Waals surface area contributed by atoms with E-state index in [2.05, 4.69) is 22.9 Å². The number of imide groups is 1. The van der Waals surface area contributed by atoms with E-state index in [4.69, 9.17) is 0 Å². The molecule has 1 aliphatic carbocycles. The normalized spacial score (nSPS) is 32.3. The highest BCUT2D eigenvalue weighted by molar-refractivity contribution is 6.09. The minimum atomic E-state index is -0.768. The predicted molar refractivity (Wildman–Crippen MR) is 96.5 cm³/mol. The molecule has 0 bridgehead atoms. The van der Waals surface area contributed by atoms with Gasteiger partial charge in [-0.3, -0.25) is 14.5 Å². The van der Waals surface area contributed by atoms with Crippen molar-refractivity contribution in [3.05, 3.63) is 0 Å². The molecule has 1 atom stereocenters. The molecule has 25 heavy (non-hydrogen) atoms. The lowest BCUT2D eigenvalue weighted by atomic mass is 9.75. The first-order chi connectivity index (χ1) is 11.5. The van der Waals surface area contributed by atoms with Gasteiger partial charge >= 0.3 is 6.03 Å². The van der Waals surface area contributed by atoms with E-state index in [0.717, 1.165) is 50.1 Å². The molecule has 8 heteroatoms. The molecule has 1 saturated carbocycles. The first-order valence-corrected chi connectivity index (χ1v) is 9.18. The van der Waals surface area contributed by atoms with Crippen LogP contribution in [0.4, 0.5) is 4.79 Å². The van der Waals surface area contributed by atoms with Gasteiger partial charge in [-0.25, -0.2) is 4.79 Å². The Morgan fingerprint density at radius 2 is 2.00 bits per heavy atom. The topological polar surface area (TPSA) is 90.5 Å². The molecule has 3 aliphatic rings. The van der Waals surface area contributed by atoms with E-state index in [1.54, 1.807) is 0 Å². The Morgan fingerprint density at radius 1 is 1.28 bits per heavy atom.